The molecule has 0 aliphatic rings. The average molecular weight is 401 g/mol. The molecule has 0 saturated heterocycles. The second-order valence-corrected chi connectivity index (χ2v) is 6.50. The molecule has 0 radical (unpaired) electrons. The highest BCUT2D eigenvalue weighted by Crippen LogP contribution is 2.08. The number of hydrogen-bond donors (Lipinski definition) is 2. The number of benzene rings is 1. The first-order valence-corrected chi connectivity index (χ1v) is 9.33. The van der Waals surface area contributed by atoms with Crippen molar-refractivity contribution < 1.29 is 14.0 Å². The van der Waals surface area contributed by atoms with Crippen molar-refractivity contribution in [1.29, 1.82) is 0 Å². The molecule has 0 saturated carbocycles. The number of hydrogen-bond acceptors (Lipinski definition) is 5. The van der Waals surface area contributed by atoms with Crippen LogP contribution in [0.4, 0.5) is 0 Å². The Kier molecular flexibility index (Phi) is 5.66. The summed E-state index contributed by atoms with van der Waals surface area (Å²) in [6.45, 7) is 0.605. The lowest BCUT2D eigenvalue weighted by Crippen LogP contribution is -2.24. The molecule has 3 heterocycles. The van der Waals surface area contributed by atoms with Gasteiger partial charge in [0, 0.05) is 30.7 Å². The van der Waals surface area contributed by atoms with Crippen LogP contribution in [0.2, 0.25) is 0 Å². The van der Waals surface area contributed by atoms with E-state index in [9.17, 15) is 9.59 Å². The summed E-state index contributed by atoms with van der Waals surface area (Å²) in [4.78, 5) is 29.0. The number of amides is 2. The zero-order valence-electron chi connectivity index (χ0n) is 16.0. The monoisotopic (exact) mass is 401 g/mol. The summed E-state index contributed by atoms with van der Waals surface area (Å²) in [7, 11) is 0. The van der Waals surface area contributed by atoms with Crippen LogP contribution in [0.1, 0.15) is 32.0 Å². The molecule has 3 aromatic heterocycles. The van der Waals surface area contributed by atoms with Gasteiger partial charge in [0.2, 0.25) is 0 Å². The van der Waals surface area contributed by atoms with Crippen LogP contribution in [-0.2, 0) is 13.1 Å². The topological polar surface area (TPSA) is 102 Å². The maximum Gasteiger partial charge on any atom is 0.253 e. The van der Waals surface area contributed by atoms with Gasteiger partial charge in [-0.25, -0.2) is 9.67 Å². The number of carbonyl (C=O) groups is 2. The summed E-state index contributed by atoms with van der Waals surface area (Å²) in [6.07, 6.45) is 6.50. The zero-order chi connectivity index (χ0) is 20.8. The Morgan fingerprint density at radius 3 is 2.53 bits per heavy atom. The van der Waals surface area contributed by atoms with Crippen molar-refractivity contribution in [2.24, 2.45) is 0 Å². The zero-order valence-corrected chi connectivity index (χ0v) is 16.0. The molecule has 4 rings (SSSR count). The molecule has 0 aliphatic carbocycles. The van der Waals surface area contributed by atoms with E-state index < -0.39 is 0 Å². The fraction of sp³-hybridized carbons (Fsp3) is 0.0909. The van der Waals surface area contributed by atoms with Gasteiger partial charge < -0.3 is 15.1 Å². The SMILES string of the molecule is O=C(NCc1cccc(C(=O)NCc2ccco2)c1)c1ccc(-n2cccn2)nc1. The minimum absolute atomic E-state index is 0.210. The van der Waals surface area contributed by atoms with E-state index in [4.69, 9.17) is 4.42 Å². The predicted molar refractivity (Wildman–Crippen MR) is 109 cm³/mol. The minimum Gasteiger partial charge on any atom is -0.467 e. The standard InChI is InChI=1S/C22H19N5O3/c28-21(25-15-19-6-2-11-30-19)17-5-1-4-16(12-17)13-24-22(29)18-7-8-20(23-14-18)27-10-3-9-26-27/h1-12,14H,13,15H2,(H,24,29)(H,25,28). The van der Waals surface area contributed by atoms with E-state index >= 15 is 0 Å². The van der Waals surface area contributed by atoms with Gasteiger partial charge in [0.15, 0.2) is 5.82 Å². The smallest absolute Gasteiger partial charge is 0.253 e. The minimum atomic E-state index is -0.248. The van der Waals surface area contributed by atoms with Crippen LogP contribution >= 0.6 is 0 Å². The van der Waals surface area contributed by atoms with Crippen molar-refractivity contribution in [1.82, 2.24) is 25.4 Å². The van der Waals surface area contributed by atoms with Gasteiger partial charge in [-0.1, -0.05) is 12.1 Å². The fourth-order valence-corrected chi connectivity index (χ4v) is 2.85. The molecule has 2 amide bonds. The highest BCUT2D eigenvalue weighted by Gasteiger charge is 2.09. The van der Waals surface area contributed by atoms with E-state index in [1.165, 1.54) is 6.20 Å². The fourth-order valence-electron chi connectivity index (χ4n) is 2.85. The van der Waals surface area contributed by atoms with E-state index in [0.717, 1.165) is 5.56 Å². The molecule has 8 nitrogen and oxygen atoms in total. The summed E-state index contributed by atoms with van der Waals surface area (Å²) >= 11 is 0. The van der Waals surface area contributed by atoms with E-state index in [1.54, 1.807) is 71.9 Å². The highest BCUT2D eigenvalue weighted by atomic mass is 16.3. The summed E-state index contributed by atoms with van der Waals surface area (Å²) in [5.74, 6) is 0.851. The van der Waals surface area contributed by atoms with Gasteiger partial charge in [0.1, 0.15) is 5.76 Å². The Hall–Kier alpha value is -4.20. The van der Waals surface area contributed by atoms with Gasteiger partial charge in [-0.2, -0.15) is 5.10 Å². The lowest BCUT2D eigenvalue weighted by molar-refractivity contribution is 0.0943. The normalized spacial score (nSPS) is 10.5. The van der Waals surface area contributed by atoms with Gasteiger partial charge in [-0.05, 0) is 48.0 Å². The molecule has 2 N–H and O–H groups in total. The number of pyridine rings is 1. The molecule has 0 aliphatic heterocycles. The Bertz CT molecular complexity index is 1120. The summed E-state index contributed by atoms with van der Waals surface area (Å²) in [5.41, 5.74) is 1.77. The third-order valence-electron chi connectivity index (χ3n) is 4.39. The summed E-state index contributed by atoms with van der Waals surface area (Å²) in [5, 5.41) is 9.75. The number of rotatable bonds is 7. The van der Waals surface area contributed by atoms with Crippen LogP contribution in [0.25, 0.3) is 5.82 Å². The average Bonchev–Trinajstić information content (AvgIpc) is 3.50. The van der Waals surface area contributed by atoms with Crippen LogP contribution in [-0.4, -0.2) is 26.6 Å². The highest BCUT2D eigenvalue weighted by molar-refractivity contribution is 5.95. The lowest BCUT2D eigenvalue weighted by atomic mass is 10.1. The van der Waals surface area contributed by atoms with Crippen LogP contribution in [0, 0.1) is 0 Å². The molecule has 1 aromatic carbocycles. The molecular formula is C22H19N5O3. The second-order valence-electron chi connectivity index (χ2n) is 6.50. The molecule has 4 aromatic rings. The van der Waals surface area contributed by atoms with Crippen molar-refractivity contribution in [2.75, 3.05) is 0 Å². The third kappa shape index (κ3) is 4.61. The third-order valence-corrected chi connectivity index (χ3v) is 4.39. The van der Waals surface area contributed by atoms with E-state index in [1.807, 2.05) is 6.07 Å². The van der Waals surface area contributed by atoms with Gasteiger partial charge in [0.05, 0.1) is 18.4 Å². The van der Waals surface area contributed by atoms with Gasteiger partial charge in [-0.3, -0.25) is 9.59 Å². The number of nitrogens with zero attached hydrogens (tertiary/aromatic N) is 3. The Labute approximate surface area is 172 Å². The molecule has 30 heavy (non-hydrogen) atoms. The molecule has 0 fully saturated rings. The lowest BCUT2D eigenvalue weighted by Gasteiger charge is -2.08. The largest absolute Gasteiger partial charge is 0.467 e. The van der Waals surface area contributed by atoms with Crippen molar-refractivity contribution in [3.63, 3.8) is 0 Å². The maximum absolute atomic E-state index is 12.4. The Balaban J connectivity index is 1.33. The first-order valence-electron chi connectivity index (χ1n) is 9.33. The first kappa shape index (κ1) is 19.1. The Morgan fingerprint density at radius 2 is 1.80 bits per heavy atom. The van der Waals surface area contributed by atoms with Gasteiger partial charge in [0.25, 0.3) is 11.8 Å². The van der Waals surface area contributed by atoms with E-state index in [2.05, 4.69) is 20.7 Å². The van der Waals surface area contributed by atoms with Crippen LogP contribution in [0.5, 0.6) is 0 Å². The van der Waals surface area contributed by atoms with E-state index in [-0.39, 0.29) is 11.8 Å². The summed E-state index contributed by atoms with van der Waals surface area (Å²) < 4.78 is 6.82. The van der Waals surface area contributed by atoms with Crippen LogP contribution in [0.3, 0.4) is 0 Å². The number of furan rings is 1. The Morgan fingerprint density at radius 1 is 0.933 bits per heavy atom. The first-order chi connectivity index (χ1) is 14.7. The predicted octanol–water partition coefficient (Wildman–Crippen LogP) is 2.72. The molecule has 0 atom stereocenters. The molecule has 0 spiro atoms. The molecular weight excluding hydrogens is 382 g/mol. The van der Waals surface area contributed by atoms with E-state index in [0.29, 0.717) is 35.8 Å². The number of aromatic nitrogens is 3. The van der Waals surface area contributed by atoms with Gasteiger partial charge in [-0.15, -0.1) is 0 Å². The maximum atomic E-state index is 12.4. The van der Waals surface area contributed by atoms with Crippen LogP contribution < -0.4 is 10.6 Å². The van der Waals surface area contributed by atoms with Crippen molar-refractivity contribution in [2.45, 2.75) is 13.1 Å². The molecule has 0 bridgehead atoms. The quantitative estimate of drug-likeness (QED) is 0.496. The number of carbonyl (C=O) groups excluding carboxylic acids is 2. The van der Waals surface area contributed by atoms with Crippen LogP contribution in [0.15, 0.2) is 83.9 Å². The second kappa shape index (κ2) is 8.87. The van der Waals surface area contributed by atoms with Gasteiger partial charge >= 0.3 is 0 Å². The molecule has 8 heteroatoms. The van der Waals surface area contributed by atoms with Crippen molar-refractivity contribution in [3.05, 3.63) is 102 Å². The summed E-state index contributed by atoms with van der Waals surface area (Å²) in [6, 6.07) is 15.9. The molecule has 150 valence electrons. The number of nitrogens with one attached hydrogen (secondary N) is 2. The molecule has 0 unspecified atom stereocenters. The van der Waals surface area contributed by atoms with Crippen molar-refractivity contribution in [3.8, 4) is 5.82 Å². The van der Waals surface area contributed by atoms with Crippen molar-refractivity contribution >= 4 is 11.8 Å².